The minimum atomic E-state index is -5.08. The lowest BCUT2D eigenvalue weighted by Crippen LogP contribution is -2.61. The van der Waals surface area contributed by atoms with Crippen molar-refractivity contribution in [1.29, 1.82) is 0 Å². The van der Waals surface area contributed by atoms with Crippen LogP contribution in [0.25, 0.3) is 0 Å². The third-order valence-corrected chi connectivity index (χ3v) is 7.12. The fraction of sp³-hybridized carbons (Fsp3) is 0.435. The lowest BCUT2D eigenvalue weighted by atomic mass is 9.92. The summed E-state index contributed by atoms with van der Waals surface area (Å²) in [4.78, 5) is 27.6. The first-order valence-corrected chi connectivity index (χ1v) is 11.3. The zero-order valence-corrected chi connectivity index (χ0v) is 18.9. The van der Waals surface area contributed by atoms with Crippen molar-refractivity contribution < 1.29 is 32.6 Å². The number of aryl methyl sites for hydroxylation is 1. The van der Waals surface area contributed by atoms with Crippen LogP contribution in [0.4, 0.5) is 13.2 Å². The molecule has 4 rings (SSSR count). The number of carboxylic acid groups (broad SMARTS) is 1. The molecule has 3 heterocycles. The van der Waals surface area contributed by atoms with Gasteiger partial charge in [-0.3, -0.25) is 9.78 Å². The van der Waals surface area contributed by atoms with Gasteiger partial charge in [0.15, 0.2) is 0 Å². The molecule has 1 N–H and O–H groups in total. The Labute approximate surface area is 194 Å². The number of likely N-dealkylation sites (tertiary alicyclic amines) is 1. The van der Waals surface area contributed by atoms with Gasteiger partial charge in [-0.1, -0.05) is 30.3 Å². The van der Waals surface area contributed by atoms with E-state index in [0.717, 1.165) is 36.4 Å². The fourth-order valence-corrected chi connectivity index (χ4v) is 5.29. The molecule has 0 bridgehead atoms. The molecule has 2 aliphatic rings. The average molecular weight is 483 g/mol. The SMILES string of the molecule is Cc1ccccc1CC(=O)N1CC2(CC(OCc3cccnc3)CS2)C1.O=C(O)C(F)(F)F. The third-order valence-electron chi connectivity index (χ3n) is 5.54. The first-order chi connectivity index (χ1) is 15.6. The molecule has 2 aliphatic heterocycles. The Hall–Kier alpha value is -2.59. The maximum absolute atomic E-state index is 12.6. The van der Waals surface area contributed by atoms with E-state index in [1.165, 1.54) is 5.56 Å². The molecule has 1 aromatic carbocycles. The van der Waals surface area contributed by atoms with Gasteiger partial charge < -0.3 is 14.7 Å². The van der Waals surface area contributed by atoms with Crippen molar-refractivity contribution in [3.63, 3.8) is 0 Å². The average Bonchev–Trinajstić information content (AvgIpc) is 3.18. The summed E-state index contributed by atoms with van der Waals surface area (Å²) in [5.41, 5.74) is 3.44. The quantitative estimate of drug-likeness (QED) is 0.697. The fourth-order valence-electron chi connectivity index (χ4n) is 3.74. The molecule has 1 aromatic heterocycles. The molecule has 178 valence electrons. The zero-order chi connectivity index (χ0) is 24.1. The number of hydrogen-bond donors (Lipinski definition) is 1. The number of rotatable bonds is 5. The molecule has 10 heteroatoms. The number of benzene rings is 1. The lowest BCUT2D eigenvalue weighted by molar-refractivity contribution is -0.192. The van der Waals surface area contributed by atoms with E-state index >= 15 is 0 Å². The molecule has 2 saturated heterocycles. The van der Waals surface area contributed by atoms with Gasteiger partial charge in [-0.25, -0.2) is 4.79 Å². The van der Waals surface area contributed by atoms with Gasteiger partial charge >= 0.3 is 12.1 Å². The van der Waals surface area contributed by atoms with Crippen LogP contribution in [0.3, 0.4) is 0 Å². The van der Waals surface area contributed by atoms with Crippen LogP contribution < -0.4 is 0 Å². The number of ether oxygens (including phenoxy) is 1. The molecule has 0 radical (unpaired) electrons. The number of carbonyl (C=O) groups is 2. The van der Waals surface area contributed by atoms with Crippen molar-refractivity contribution in [3.05, 3.63) is 65.5 Å². The highest BCUT2D eigenvalue weighted by atomic mass is 32.2. The smallest absolute Gasteiger partial charge is 0.475 e. The molecule has 1 amide bonds. The highest BCUT2D eigenvalue weighted by Crippen LogP contribution is 2.46. The van der Waals surface area contributed by atoms with E-state index < -0.39 is 12.1 Å². The molecule has 2 aromatic rings. The number of aromatic nitrogens is 1. The predicted molar refractivity (Wildman–Crippen MR) is 118 cm³/mol. The number of nitrogens with zero attached hydrogens (tertiary/aromatic N) is 2. The van der Waals surface area contributed by atoms with E-state index in [1.807, 2.05) is 47.1 Å². The number of alkyl halides is 3. The minimum Gasteiger partial charge on any atom is -0.475 e. The van der Waals surface area contributed by atoms with Crippen LogP contribution in [0, 0.1) is 6.92 Å². The molecule has 6 nitrogen and oxygen atoms in total. The largest absolute Gasteiger partial charge is 0.490 e. The van der Waals surface area contributed by atoms with Gasteiger partial charge in [0.05, 0.1) is 23.9 Å². The van der Waals surface area contributed by atoms with Crippen molar-refractivity contribution in [3.8, 4) is 0 Å². The maximum atomic E-state index is 12.6. The van der Waals surface area contributed by atoms with Gasteiger partial charge in [0.25, 0.3) is 0 Å². The van der Waals surface area contributed by atoms with Crippen LogP contribution in [-0.2, 0) is 27.4 Å². The Bertz CT molecular complexity index is 966. The number of thioether (sulfide) groups is 1. The summed E-state index contributed by atoms with van der Waals surface area (Å²) in [7, 11) is 0. The first kappa shape index (κ1) is 25.0. The maximum Gasteiger partial charge on any atom is 0.490 e. The molecule has 1 atom stereocenters. The van der Waals surface area contributed by atoms with Crippen molar-refractivity contribution in [2.45, 2.75) is 43.4 Å². The van der Waals surface area contributed by atoms with Crippen LogP contribution in [0.15, 0.2) is 48.8 Å². The highest BCUT2D eigenvalue weighted by molar-refractivity contribution is 8.01. The molecule has 0 aliphatic carbocycles. The van der Waals surface area contributed by atoms with Gasteiger partial charge in [-0.15, -0.1) is 11.8 Å². The number of pyridine rings is 1. The highest BCUT2D eigenvalue weighted by Gasteiger charge is 2.50. The molecule has 0 saturated carbocycles. The van der Waals surface area contributed by atoms with E-state index in [-0.39, 0.29) is 16.8 Å². The Morgan fingerprint density at radius 2 is 1.94 bits per heavy atom. The van der Waals surface area contributed by atoms with E-state index in [0.29, 0.717) is 13.0 Å². The molecule has 1 spiro atoms. The normalized spacial score (nSPS) is 18.9. The van der Waals surface area contributed by atoms with Gasteiger partial charge in [0.2, 0.25) is 5.91 Å². The molecule has 2 fully saturated rings. The Morgan fingerprint density at radius 1 is 1.24 bits per heavy atom. The standard InChI is InChI=1S/C21H24N2O2S.C2HF3O2/c1-16-5-2-3-7-18(16)9-20(24)23-14-21(15-23)10-19(13-26-21)25-12-17-6-4-8-22-11-17;3-2(4,5)1(6)7/h2-8,11,19H,9-10,12-15H2,1H3;(H,6,7). The van der Waals surface area contributed by atoms with E-state index in [2.05, 4.69) is 24.0 Å². The summed E-state index contributed by atoms with van der Waals surface area (Å²) in [6.45, 7) is 4.40. The van der Waals surface area contributed by atoms with Gasteiger partial charge in [0, 0.05) is 31.2 Å². The van der Waals surface area contributed by atoms with Crippen molar-refractivity contribution >= 4 is 23.6 Å². The number of aliphatic carboxylic acids is 1. The van der Waals surface area contributed by atoms with E-state index in [1.54, 1.807) is 6.20 Å². The Kier molecular flexibility index (Phi) is 8.01. The summed E-state index contributed by atoms with van der Waals surface area (Å²) in [6.07, 6.45) is 0.364. The topological polar surface area (TPSA) is 79.7 Å². The number of carbonyl (C=O) groups excluding carboxylic acids is 1. The summed E-state index contributed by atoms with van der Waals surface area (Å²) < 4.78 is 38.0. The summed E-state index contributed by atoms with van der Waals surface area (Å²) >= 11 is 1.97. The van der Waals surface area contributed by atoms with Crippen LogP contribution in [0.1, 0.15) is 23.1 Å². The first-order valence-electron chi connectivity index (χ1n) is 10.3. The number of amides is 1. The van der Waals surface area contributed by atoms with Gasteiger partial charge in [0.1, 0.15) is 0 Å². The molecular weight excluding hydrogens is 457 g/mol. The van der Waals surface area contributed by atoms with Crippen molar-refractivity contribution in [1.82, 2.24) is 9.88 Å². The second-order valence-corrected chi connectivity index (χ2v) is 9.64. The monoisotopic (exact) mass is 482 g/mol. The summed E-state index contributed by atoms with van der Waals surface area (Å²) in [5.74, 6) is -1.50. The van der Waals surface area contributed by atoms with E-state index in [9.17, 15) is 18.0 Å². The van der Waals surface area contributed by atoms with Gasteiger partial charge in [-0.2, -0.15) is 13.2 Å². The van der Waals surface area contributed by atoms with Crippen LogP contribution in [0.5, 0.6) is 0 Å². The van der Waals surface area contributed by atoms with Crippen LogP contribution in [0.2, 0.25) is 0 Å². The minimum absolute atomic E-state index is 0.209. The van der Waals surface area contributed by atoms with E-state index in [4.69, 9.17) is 14.6 Å². The van der Waals surface area contributed by atoms with Crippen molar-refractivity contribution in [2.75, 3.05) is 18.8 Å². The Morgan fingerprint density at radius 3 is 2.55 bits per heavy atom. The molecule has 33 heavy (non-hydrogen) atoms. The second-order valence-electron chi connectivity index (χ2n) is 8.15. The van der Waals surface area contributed by atoms with Crippen LogP contribution >= 0.6 is 11.8 Å². The van der Waals surface area contributed by atoms with Gasteiger partial charge in [-0.05, 0) is 36.1 Å². The predicted octanol–water partition coefficient (Wildman–Crippen LogP) is 3.87. The molecular formula is C23H25F3N2O4S. The zero-order valence-electron chi connectivity index (χ0n) is 18.0. The summed E-state index contributed by atoms with van der Waals surface area (Å²) in [6, 6.07) is 12.1. The third kappa shape index (κ3) is 6.94. The van der Waals surface area contributed by atoms with Crippen molar-refractivity contribution in [2.24, 2.45) is 0 Å². The summed E-state index contributed by atoms with van der Waals surface area (Å²) in [5, 5.41) is 7.12. The second kappa shape index (κ2) is 10.6. The van der Waals surface area contributed by atoms with Crippen LogP contribution in [-0.4, -0.2) is 62.7 Å². The Balaban J connectivity index is 0.000000383. The number of hydrogen-bond acceptors (Lipinski definition) is 5. The number of halogens is 3. The lowest BCUT2D eigenvalue weighted by Gasteiger charge is -2.47. The number of carboxylic acids is 1. The molecule has 1 unspecified atom stereocenters.